The first-order valence-corrected chi connectivity index (χ1v) is 9.81. The Morgan fingerprint density at radius 1 is 1.27 bits per heavy atom. The Morgan fingerprint density at radius 2 is 1.88 bits per heavy atom. The molecule has 0 aromatic heterocycles. The van der Waals surface area contributed by atoms with Crippen molar-refractivity contribution in [2.75, 3.05) is 13.7 Å². The van der Waals surface area contributed by atoms with Gasteiger partial charge in [0.1, 0.15) is 6.61 Å². The molecule has 0 heterocycles. The molecular formula is C16H19ClF3NO4S. The predicted molar refractivity (Wildman–Crippen MR) is 89.4 cm³/mol. The number of hydrogen-bond acceptors (Lipinski definition) is 4. The molecule has 0 spiro atoms. The second kappa shape index (κ2) is 8.24. The van der Waals surface area contributed by atoms with Crippen LogP contribution in [-0.4, -0.2) is 34.0 Å². The summed E-state index contributed by atoms with van der Waals surface area (Å²) in [7, 11) is -2.57. The monoisotopic (exact) mass is 413 g/mol. The lowest BCUT2D eigenvalue weighted by Gasteiger charge is -2.28. The molecule has 0 unspecified atom stereocenters. The molecule has 0 bridgehead atoms. The van der Waals surface area contributed by atoms with E-state index in [-0.39, 0.29) is 29.2 Å². The Balaban J connectivity index is 2.04. The smallest absolute Gasteiger partial charge is 0.377 e. The third kappa shape index (κ3) is 5.18. The topological polar surface area (TPSA) is 72.5 Å². The third-order valence-electron chi connectivity index (χ3n) is 4.35. The van der Waals surface area contributed by atoms with E-state index in [0.29, 0.717) is 31.7 Å². The number of halogens is 4. The number of benzene rings is 1. The molecule has 5 nitrogen and oxygen atoms in total. The van der Waals surface area contributed by atoms with Crippen LogP contribution in [0.25, 0.3) is 0 Å². The first-order chi connectivity index (χ1) is 12.0. The van der Waals surface area contributed by atoms with E-state index in [2.05, 4.69) is 4.72 Å². The van der Waals surface area contributed by atoms with Crippen molar-refractivity contribution in [1.29, 1.82) is 0 Å². The van der Waals surface area contributed by atoms with Crippen LogP contribution in [0, 0.1) is 5.92 Å². The van der Waals surface area contributed by atoms with Gasteiger partial charge in [-0.2, -0.15) is 13.2 Å². The molecule has 0 atom stereocenters. The minimum atomic E-state index is -4.65. The Kier molecular flexibility index (Phi) is 6.70. The molecule has 1 fully saturated rings. The zero-order valence-electron chi connectivity index (χ0n) is 14.0. The maximum absolute atomic E-state index is 12.7. The summed E-state index contributed by atoms with van der Waals surface area (Å²) in [4.78, 5) is 11.5. The van der Waals surface area contributed by atoms with Crippen molar-refractivity contribution in [3.63, 3.8) is 0 Å². The average Bonchev–Trinajstić information content (AvgIpc) is 2.54. The van der Waals surface area contributed by atoms with E-state index in [4.69, 9.17) is 16.3 Å². The predicted octanol–water partition coefficient (Wildman–Crippen LogP) is 3.41. The lowest BCUT2D eigenvalue weighted by atomic mass is 9.84. The Hall–Kier alpha value is -1.16. The van der Waals surface area contributed by atoms with Crippen molar-refractivity contribution >= 4 is 27.4 Å². The van der Waals surface area contributed by atoms with E-state index in [9.17, 15) is 26.4 Å². The summed E-state index contributed by atoms with van der Waals surface area (Å²) in [5, 5.41) is -0.672. The van der Waals surface area contributed by atoms with Crippen LogP contribution >= 0.6 is 11.6 Å². The Labute approximate surface area is 154 Å². The molecule has 26 heavy (non-hydrogen) atoms. The second-order valence-corrected chi connectivity index (χ2v) is 8.33. The van der Waals surface area contributed by atoms with E-state index in [1.54, 1.807) is 0 Å². The molecule has 1 aliphatic rings. The highest BCUT2D eigenvalue weighted by Gasteiger charge is 2.34. The normalized spacial score (nSPS) is 21.6. The van der Waals surface area contributed by atoms with Gasteiger partial charge < -0.3 is 4.74 Å². The van der Waals surface area contributed by atoms with Gasteiger partial charge in [-0.05, 0) is 43.9 Å². The van der Waals surface area contributed by atoms with Gasteiger partial charge in [0.15, 0.2) is 5.78 Å². The maximum Gasteiger partial charge on any atom is 0.417 e. The maximum atomic E-state index is 12.7. The third-order valence-corrected chi connectivity index (χ3v) is 6.18. The Morgan fingerprint density at radius 3 is 2.38 bits per heavy atom. The standard InChI is InChI=1S/C16H19ClF3NO4S/c1-25-9-15(22)10-2-4-11(5-3-10)21-26(23,24)12-6-7-13(14(17)8-12)16(18,19)20/h6-8,10-11,21H,2-5,9H2,1H3. The number of carbonyl (C=O) groups is 1. The highest BCUT2D eigenvalue weighted by Crippen LogP contribution is 2.35. The highest BCUT2D eigenvalue weighted by molar-refractivity contribution is 7.89. The van der Waals surface area contributed by atoms with Crippen LogP contribution in [0.4, 0.5) is 13.2 Å². The summed E-state index contributed by atoms with van der Waals surface area (Å²) in [6, 6.07) is 1.94. The zero-order chi connectivity index (χ0) is 19.5. The van der Waals surface area contributed by atoms with Gasteiger partial charge in [0.25, 0.3) is 0 Å². The van der Waals surface area contributed by atoms with Crippen LogP contribution < -0.4 is 4.72 Å². The van der Waals surface area contributed by atoms with Gasteiger partial charge in [-0.25, -0.2) is 13.1 Å². The molecule has 1 saturated carbocycles. The SMILES string of the molecule is COCC(=O)C1CCC(NS(=O)(=O)c2ccc(C(F)(F)F)c(Cl)c2)CC1. The lowest BCUT2D eigenvalue weighted by Crippen LogP contribution is -2.39. The number of hydrogen-bond donors (Lipinski definition) is 1. The second-order valence-electron chi connectivity index (χ2n) is 6.21. The van der Waals surface area contributed by atoms with Crippen molar-refractivity contribution in [2.24, 2.45) is 5.92 Å². The number of methoxy groups -OCH3 is 1. The van der Waals surface area contributed by atoms with Crippen molar-refractivity contribution in [3.8, 4) is 0 Å². The van der Waals surface area contributed by atoms with Gasteiger partial charge in [0.2, 0.25) is 10.0 Å². The van der Waals surface area contributed by atoms with E-state index < -0.39 is 26.8 Å². The molecule has 0 radical (unpaired) electrons. The molecular weight excluding hydrogens is 395 g/mol. The van der Waals surface area contributed by atoms with Gasteiger partial charge in [0, 0.05) is 19.1 Å². The molecule has 0 amide bonds. The lowest BCUT2D eigenvalue weighted by molar-refractivity contribution is -0.137. The van der Waals surface area contributed by atoms with Crippen LogP contribution in [0.2, 0.25) is 5.02 Å². The number of Topliss-reactive ketones (excluding diaryl/α,β-unsaturated/α-hetero) is 1. The fourth-order valence-electron chi connectivity index (χ4n) is 2.97. The van der Waals surface area contributed by atoms with Crippen molar-refractivity contribution in [1.82, 2.24) is 4.72 Å². The minimum Gasteiger partial charge on any atom is -0.377 e. The number of nitrogens with one attached hydrogen (secondary N) is 1. The summed E-state index contributed by atoms with van der Waals surface area (Å²) in [5.41, 5.74) is -1.09. The largest absolute Gasteiger partial charge is 0.417 e. The van der Waals surface area contributed by atoms with Crippen LogP contribution in [0.15, 0.2) is 23.1 Å². The number of carbonyl (C=O) groups excluding carboxylic acids is 1. The quantitative estimate of drug-likeness (QED) is 0.775. The Bertz CT molecular complexity index is 759. The molecule has 2 rings (SSSR count). The van der Waals surface area contributed by atoms with E-state index in [0.717, 1.165) is 12.1 Å². The molecule has 1 aliphatic carbocycles. The summed E-state index contributed by atoms with van der Waals surface area (Å²) in [6.45, 7) is 0.0329. The zero-order valence-corrected chi connectivity index (χ0v) is 15.5. The van der Waals surface area contributed by atoms with Gasteiger partial charge in [-0.3, -0.25) is 4.79 Å². The number of ether oxygens (including phenoxy) is 1. The summed E-state index contributed by atoms with van der Waals surface area (Å²) in [6.07, 6.45) is -2.66. The van der Waals surface area contributed by atoms with Crippen molar-refractivity contribution < 1.29 is 31.1 Å². The average molecular weight is 414 g/mol. The van der Waals surface area contributed by atoms with E-state index in [1.165, 1.54) is 7.11 Å². The molecule has 10 heteroatoms. The van der Waals surface area contributed by atoms with Crippen LogP contribution in [-0.2, 0) is 25.7 Å². The van der Waals surface area contributed by atoms with Crippen molar-refractivity contribution in [3.05, 3.63) is 28.8 Å². The number of ketones is 1. The molecule has 146 valence electrons. The summed E-state index contributed by atoms with van der Waals surface area (Å²) >= 11 is 5.58. The van der Waals surface area contributed by atoms with Crippen LogP contribution in [0.1, 0.15) is 31.2 Å². The highest BCUT2D eigenvalue weighted by atomic mass is 35.5. The van der Waals surface area contributed by atoms with E-state index in [1.807, 2.05) is 0 Å². The fraction of sp³-hybridized carbons (Fsp3) is 0.562. The minimum absolute atomic E-state index is 0.0108. The summed E-state index contributed by atoms with van der Waals surface area (Å²) < 4.78 is 70.2. The van der Waals surface area contributed by atoms with Crippen LogP contribution in [0.3, 0.4) is 0 Å². The fourth-order valence-corrected chi connectivity index (χ4v) is 4.66. The van der Waals surface area contributed by atoms with E-state index >= 15 is 0 Å². The van der Waals surface area contributed by atoms with Crippen molar-refractivity contribution in [2.45, 2.75) is 42.8 Å². The summed E-state index contributed by atoms with van der Waals surface area (Å²) in [5.74, 6) is -0.167. The first kappa shape index (κ1) is 21.1. The van der Waals surface area contributed by atoms with Gasteiger partial charge in [0.05, 0.1) is 15.5 Å². The van der Waals surface area contributed by atoms with Gasteiger partial charge in [-0.15, -0.1) is 0 Å². The number of alkyl halides is 3. The van der Waals surface area contributed by atoms with Gasteiger partial charge >= 0.3 is 6.18 Å². The molecule has 1 N–H and O–H groups in total. The van der Waals surface area contributed by atoms with Crippen LogP contribution in [0.5, 0.6) is 0 Å². The molecule has 0 aliphatic heterocycles. The molecule has 1 aromatic carbocycles. The first-order valence-electron chi connectivity index (χ1n) is 7.95. The molecule has 0 saturated heterocycles. The molecule has 1 aromatic rings. The van der Waals surface area contributed by atoms with Gasteiger partial charge in [-0.1, -0.05) is 11.6 Å². The number of sulfonamides is 1. The number of rotatable bonds is 6.